The highest BCUT2D eigenvalue weighted by atomic mass is 35.5. The molecule has 1 aromatic carbocycles. The molecule has 0 amide bonds. The van der Waals surface area contributed by atoms with Crippen molar-refractivity contribution in [2.45, 2.75) is 19.8 Å². The Morgan fingerprint density at radius 2 is 2.13 bits per heavy atom. The number of halogens is 1. The zero-order valence-corrected chi connectivity index (χ0v) is 9.77. The molecule has 0 aliphatic carbocycles. The molecule has 0 bridgehead atoms. The van der Waals surface area contributed by atoms with Crippen LogP contribution in [0.3, 0.4) is 0 Å². The lowest BCUT2D eigenvalue weighted by atomic mass is 10.0. The zero-order valence-electron chi connectivity index (χ0n) is 9.01. The normalized spacial score (nSPS) is 16.2. The fraction of sp³-hybridized carbons (Fsp3) is 0.417. The first-order valence-corrected chi connectivity index (χ1v) is 5.52. The number of ketones is 1. The Morgan fingerprint density at radius 1 is 1.40 bits per heavy atom. The van der Waals surface area contributed by atoms with Crippen molar-refractivity contribution in [1.29, 1.82) is 0 Å². The number of anilines is 1. The maximum atomic E-state index is 11.9. The largest absolute Gasteiger partial charge is 0.374 e. The van der Waals surface area contributed by atoms with E-state index in [0.717, 1.165) is 24.2 Å². The summed E-state index contributed by atoms with van der Waals surface area (Å²) in [6.45, 7) is 2.93. The van der Waals surface area contributed by atoms with Crippen molar-refractivity contribution < 1.29 is 4.79 Å². The summed E-state index contributed by atoms with van der Waals surface area (Å²) in [5.74, 6) is 0.169. The first-order chi connectivity index (χ1) is 7.11. The summed E-state index contributed by atoms with van der Waals surface area (Å²) in [4.78, 5) is 14.0. The van der Waals surface area contributed by atoms with E-state index in [1.54, 1.807) is 0 Å². The number of hydrogen-bond acceptors (Lipinski definition) is 2. The third-order valence-electron chi connectivity index (χ3n) is 2.89. The van der Waals surface area contributed by atoms with Gasteiger partial charge in [-0.1, -0.05) is 17.7 Å². The van der Waals surface area contributed by atoms with Gasteiger partial charge in [0, 0.05) is 20.0 Å². The summed E-state index contributed by atoms with van der Waals surface area (Å²) in [6, 6.07) is 3.78. The van der Waals surface area contributed by atoms with Crippen LogP contribution in [-0.4, -0.2) is 19.4 Å². The van der Waals surface area contributed by atoms with Gasteiger partial charge in [-0.3, -0.25) is 4.79 Å². The van der Waals surface area contributed by atoms with Crippen molar-refractivity contribution >= 4 is 23.1 Å². The van der Waals surface area contributed by atoms with Crippen molar-refractivity contribution in [1.82, 2.24) is 0 Å². The van der Waals surface area contributed by atoms with Crippen LogP contribution in [0.15, 0.2) is 12.1 Å². The smallest absolute Gasteiger partial charge is 0.166 e. The van der Waals surface area contributed by atoms with Crippen molar-refractivity contribution in [3.8, 4) is 0 Å². The van der Waals surface area contributed by atoms with Crippen LogP contribution >= 0.6 is 11.6 Å². The van der Waals surface area contributed by atoms with E-state index in [1.165, 1.54) is 0 Å². The van der Waals surface area contributed by atoms with Gasteiger partial charge >= 0.3 is 0 Å². The predicted octanol–water partition coefficient (Wildman–Crippen LogP) is 3.06. The molecular weight excluding hydrogens is 210 g/mol. The van der Waals surface area contributed by atoms with Crippen LogP contribution in [-0.2, 0) is 0 Å². The van der Waals surface area contributed by atoms with Crippen molar-refractivity contribution in [2.75, 3.05) is 18.5 Å². The van der Waals surface area contributed by atoms with E-state index >= 15 is 0 Å². The number of nitrogens with zero attached hydrogens (tertiary/aromatic N) is 1. The van der Waals surface area contributed by atoms with Gasteiger partial charge in [-0.2, -0.15) is 0 Å². The molecule has 1 heterocycles. The molecule has 3 heteroatoms. The molecule has 0 radical (unpaired) electrons. The minimum Gasteiger partial charge on any atom is -0.374 e. The fourth-order valence-electron chi connectivity index (χ4n) is 2.14. The minimum atomic E-state index is 0.169. The van der Waals surface area contributed by atoms with E-state index in [4.69, 9.17) is 11.6 Å². The Kier molecular flexibility index (Phi) is 2.70. The van der Waals surface area contributed by atoms with E-state index in [9.17, 15) is 4.79 Å². The van der Waals surface area contributed by atoms with Crippen LogP contribution in [0.2, 0.25) is 5.02 Å². The second kappa shape index (κ2) is 3.86. The van der Waals surface area contributed by atoms with E-state index in [0.29, 0.717) is 17.0 Å². The van der Waals surface area contributed by atoms with Crippen molar-refractivity contribution in [3.63, 3.8) is 0 Å². The highest BCUT2D eigenvalue weighted by molar-refractivity contribution is 6.35. The van der Waals surface area contributed by atoms with Crippen molar-refractivity contribution in [3.05, 3.63) is 28.3 Å². The number of Topliss-reactive ketones (excluding diaryl/α,β-unsaturated/α-hetero) is 1. The lowest BCUT2D eigenvalue weighted by Gasteiger charge is -2.21. The summed E-state index contributed by atoms with van der Waals surface area (Å²) >= 11 is 6.10. The highest BCUT2D eigenvalue weighted by Crippen LogP contribution is 2.33. The van der Waals surface area contributed by atoms with Gasteiger partial charge < -0.3 is 4.90 Å². The molecule has 2 nitrogen and oxygen atoms in total. The molecule has 0 saturated heterocycles. The summed E-state index contributed by atoms with van der Waals surface area (Å²) in [7, 11) is 2.01. The maximum Gasteiger partial charge on any atom is 0.166 e. The summed E-state index contributed by atoms with van der Waals surface area (Å²) in [6.07, 6.45) is 1.50. The number of hydrogen-bond donors (Lipinski definition) is 0. The number of rotatable bonds is 0. The molecule has 80 valence electrons. The minimum absolute atomic E-state index is 0.169. The molecule has 1 aromatic rings. The lowest BCUT2D eigenvalue weighted by Crippen LogP contribution is -2.19. The molecule has 0 atom stereocenters. The molecule has 2 rings (SSSR count). The zero-order chi connectivity index (χ0) is 11.0. The Hall–Kier alpha value is -1.02. The van der Waals surface area contributed by atoms with Gasteiger partial charge in [0.1, 0.15) is 0 Å². The van der Waals surface area contributed by atoms with Gasteiger partial charge in [0.2, 0.25) is 0 Å². The second-order valence-corrected chi connectivity index (χ2v) is 4.44. The van der Waals surface area contributed by atoms with Gasteiger partial charge in [0.05, 0.1) is 16.3 Å². The monoisotopic (exact) mass is 223 g/mol. The van der Waals surface area contributed by atoms with E-state index in [1.807, 2.05) is 26.1 Å². The van der Waals surface area contributed by atoms with Crippen LogP contribution < -0.4 is 4.90 Å². The molecular formula is C12H14ClNO. The average molecular weight is 224 g/mol. The number of fused-ring (bicyclic) bond motifs is 1. The lowest BCUT2D eigenvalue weighted by molar-refractivity contribution is 0.0984. The summed E-state index contributed by atoms with van der Waals surface area (Å²) in [5.41, 5.74) is 2.83. The second-order valence-electron chi connectivity index (χ2n) is 4.04. The number of carbonyl (C=O) groups excluding carboxylic acids is 1. The van der Waals surface area contributed by atoms with Crippen LogP contribution in [0, 0.1) is 6.92 Å². The first-order valence-electron chi connectivity index (χ1n) is 5.14. The topological polar surface area (TPSA) is 20.3 Å². The van der Waals surface area contributed by atoms with Crippen LogP contribution in [0.25, 0.3) is 0 Å². The fourth-order valence-corrected chi connectivity index (χ4v) is 2.40. The summed E-state index contributed by atoms with van der Waals surface area (Å²) < 4.78 is 0. The van der Waals surface area contributed by atoms with Crippen LogP contribution in [0.4, 0.5) is 5.69 Å². The molecule has 0 aromatic heterocycles. The Morgan fingerprint density at radius 3 is 2.87 bits per heavy atom. The third-order valence-corrected chi connectivity index (χ3v) is 3.20. The third kappa shape index (κ3) is 1.74. The number of aryl methyl sites for hydroxylation is 1. The quantitative estimate of drug-likeness (QED) is 0.674. The van der Waals surface area contributed by atoms with E-state index < -0.39 is 0 Å². The van der Waals surface area contributed by atoms with Crippen LogP contribution in [0.5, 0.6) is 0 Å². The molecule has 0 fully saturated rings. The molecule has 0 spiro atoms. The standard InChI is InChI=1S/C12H14ClNO/c1-8-5-6-9(13)11-10(15)4-3-7-14(2)12(8)11/h5-6H,3-4,7H2,1-2H3. The summed E-state index contributed by atoms with van der Waals surface area (Å²) in [5, 5.41) is 0.578. The van der Waals surface area contributed by atoms with Gasteiger partial charge in [-0.15, -0.1) is 0 Å². The van der Waals surface area contributed by atoms with Crippen molar-refractivity contribution in [2.24, 2.45) is 0 Å². The first kappa shape index (κ1) is 10.5. The SMILES string of the molecule is Cc1ccc(Cl)c2c1N(C)CCCC2=O. The molecule has 0 unspecified atom stereocenters. The number of carbonyl (C=O) groups is 1. The van der Waals surface area contributed by atoms with E-state index in [-0.39, 0.29) is 5.78 Å². The molecule has 0 saturated carbocycles. The van der Waals surface area contributed by atoms with Gasteiger partial charge in [-0.25, -0.2) is 0 Å². The maximum absolute atomic E-state index is 11.9. The van der Waals surface area contributed by atoms with E-state index in [2.05, 4.69) is 4.90 Å². The molecule has 1 aliphatic heterocycles. The average Bonchev–Trinajstić information content (AvgIpc) is 2.33. The van der Waals surface area contributed by atoms with Gasteiger partial charge in [0.25, 0.3) is 0 Å². The Bertz CT molecular complexity index is 414. The predicted molar refractivity (Wildman–Crippen MR) is 63.0 cm³/mol. The van der Waals surface area contributed by atoms with Crippen LogP contribution in [0.1, 0.15) is 28.8 Å². The van der Waals surface area contributed by atoms with Gasteiger partial charge in [0.15, 0.2) is 5.78 Å². The Labute approximate surface area is 94.8 Å². The highest BCUT2D eigenvalue weighted by Gasteiger charge is 2.22. The Balaban J connectivity index is 2.68. The molecule has 0 N–H and O–H groups in total. The van der Waals surface area contributed by atoms with Gasteiger partial charge in [-0.05, 0) is 25.0 Å². The molecule has 15 heavy (non-hydrogen) atoms. The number of benzene rings is 1. The molecule has 1 aliphatic rings.